The zero-order valence-corrected chi connectivity index (χ0v) is 15.3. The standard InChI is InChI=1S/C19H18N2S2/c1-12-9-13(10-20)5-7-15(12)17-16(22-19(2,3)4)8-6-14-11-21-23-18(14)17/h5-9,11H,1-4H3. The lowest BCUT2D eigenvalue weighted by Crippen LogP contribution is -2.07. The van der Waals surface area contributed by atoms with Gasteiger partial charge in [-0.25, -0.2) is 0 Å². The number of aryl methyl sites for hydroxylation is 1. The minimum Gasteiger partial charge on any atom is -0.200 e. The highest BCUT2D eigenvalue weighted by Crippen LogP contribution is 2.44. The van der Waals surface area contributed by atoms with Gasteiger partial charge in [0.05, 0.1) is 16.3 Å². The lowest BCUT2D eigenvalue weighted by molar-refractivity contribution is 0.803. The van der Waals surface area contributed by atoms with E-state index in [-0.39, 0.29) is 4.75 Å². The van der Waals surface area contributed by atoms with Crippen molar-refractivity contribution in [3.63, 3.8) is 0 Å². The molecule has 2 aromatic carbocycles. The van der Waals surface area contributed by atoms with Crippen LogP contribution in [0.3, 0.4) is 0 Å². The number of nitrogens with zero attached hydrogens (tertiary/aromatic N) is 2. The molecule has 0 spiro atoms. The molecule has 0 atom stereocenters. The molecule has 4 heteroatoms. The van der Waals surface area contributed by atoms with Gasteiger partial charge in [0, 0.05) is 26.8 Å². The number of nitriles is 1. The van der Waals surface area contributed by atoms with Gasteiger partial charge in [0.2, 0.25) is 0 Å². The van der Waals surface area contributed by atoms with Crippen LogP contribution in [-0.4, -0.2) is 9.12 Å². The summed E-state index contributed by atoms with van der Waals surface area (Å²) in [5, 5.41) is 10.3. The van der Waals surface area contributed by atoms with Crippen LogP contribution in [0.5, 0.6) is 0 Å². The van der Waals surface area contributed by atoms with Gasteiger partial charge in [0.1, 0.15) is 0 Å². The zero-order valence-electron chi connectivity index (χ0n) is 13.7. The Labute approximate surface area is 145 Å². The van der Waals surface area contributed by atoms with Gasteiger partial charge < -0.3 is 0 Å². The second kappa shape index (κ2) is 5.99. The summed E-state index contributed by atoms with van der Waals surface area (Å²) < 4.78 is 5.72. The summed E-state index contributed by atoms with van der Waals surface area (Å²) in [5.41, 5.74) is 4.26. The van der Waals surface area contributed by atoms with Crippen LogP contribution in [-0.2, 0) is 0 Å². The van der Waals surface area contributed by atoms with Crippen molar-refractivity contribution >= 4 is 33.4 Å². The summed E-state index contributed by atoms with van der Waals surface area (Å²) in [6.07, 6.45) is 1.92. The normalized spacial score (nSPS) is 11.6. The maximum absolute atomic E-state index is 9.11. The Balaban J connectivity index is 2.28. The summed E-state index contributed by atoms with van der Waals surface area (Å²) in [7, 11) is 0. The number of hydrogen-bond acceptors (Lipinski definition) is 4. The highest BCUT2D eigenvalue weighted by molar-refractivity contribution is 8.00. The molecule has 0 fully saturated rings. The van der Waals surface area contributed by atoms with Crippen LogP contribution in [0.15, 0.2) is 41.4 Å². The molecular formula is C19H18N2S2. The zero-order chi connectivity index (χ0) is 16.6. The van der Waals surface area contributed by atoms with Crippen LogP contribution in [0.4, 0.5) is 0 Å². The van der Waals surface area contributed by atoms with E-state index >= 15 is 0 Å². The highest BCUT2D eigenvalue weighted by Gasteiger charge is 2.19. The van der Waals surface area contributed by atoms with Crippen LogP contribution in [0, 0.1) is 18.3 Å². The van der Waals surface area contributed by atoms with Crippen LogP contribution in [0.2, 0.25) is 0 Å². The van der Waals surface area contributed by atoms with Gasteiger partial charge in [-0.1, -0.05) is 32.9 Å². The summed E-state index contributed by atoms with van der Waals surface area (Å²) in [6.45, 7) is 8.75. The van der Waals surface area contributed by atoms with Crippen molar-refractivity contribution in [3.8, 4) is 17.2 Å². The lowest BCUT2D eigenvalue weighted by atomic mass is 9.98. The van der Waals surface area contributed by atoms with Gasteiger partial charge in [-0.05, 0) is 47.8 Å². The minimum absolute atomic E-state index is 0.133. The first-order chi connectivity index (χ1) is 10.9. The second-order valence-electron chi connectivity index (χ2n) is 6.54. The predicted molar refractivity (Wildman–Crippen MR) is 100 cm³/mol. The van der Waals surface area contributed by atoms with Crippen LogP contribution >= 0.6 is 23.3 Å². The molecule has 0 bridgehead atoms. The Morgan fingerprint density at radius 3 is 2.61 bits per heavy atom. The molecule has 3 rings (SSSR count). The van der Waals surface area contributed by atoms with Crippen LogP contribution < -0.4 is 0 Å². The van der Waals surface area contributed by atoms with E-state index in [2.05, 4.69) is 56.3 Å². The van der Waals surface area contributed by atoms with Crippen molar-refractivity contribution in [3.05, 3.63) is 47.7 Å². The van der Waals surface area contributed by atoms with Gasteiger partial charge in [-0.15, -0.1) is 11.8 Å². The fourth-order valence-corrected chi connectivity index (χ4v) is 4.58. The Morgan fingerprint density at radius 2 is 1.96 bits per heavy atom. The number of hydrogen-bond donors (Lipinski definition) is 0. The lowest BCUT2D eigenvalue weighted by Gasteiger charge is -2.21. The molecule has 0 saturated heterocycles. The van der Waals surface area contributed by atoms with E-state index in [0.29, 0.717) is 5.56 Å². The van der Waals surface area contributed by atoms with Gasteiger partial charge in [-0.3, -0.25) is 0 Å². The van der Waals surface area contributed by atoms with Crippen molar-refractivity contribution in [2.75, 3.05) is 0 Å². The summed E-state index contributed by atoms with van der Waals surface area (Å²) in [5.74, 6) is 0. The summed E-state index contributed by atoms with van der Waals surface area (Å²) >= 11 is 3.41. The van der Waals surface area contributed by atoms with Crippen molar-refractivity contribution in [1.29, 1.82) is 5.26 Å². The minimum atomic E-state index is 0.133. The maximum atomic E-state index is 9.11. The third kappa shape index (κ3) is 3.26. The van der Waals surface area contributed by atoms with Crippen molar-refractivity contribution in [2.24, 2.45) is 0 Å². The number of thioether (sulfide) groups is 1. The molecule has 0 amide bonds. The smallest absolute Gasteiger partial charge is 0.0991 e. The Kier molecular flexibility index (Phi) is 4.18. The molecular weight excluding hydrogens is 320 g/mol. The fraction of sp³-hybridized carbons (Fsp3) is 0.263. The fourth-order valence-electron chi connectivity index (χ4n) is 2.60. The van der Waals surface area contributed by atoms with Gasteiger partial charge in [0.15, 0.2) is 0 Å². The van der Waals surface area contributed by atoms with E-state index in [0.717, 1.165) is 5.56 Å². The quantitative estimate of drug-likeness (QED) is 0.535. The highest BCUT2D eigenvalue weighted by atomic mass is 32.2. The number of benzene rings is 2. The van der Waals surface area contributed by atoms with Crippen LogP contribution in [0.25, 0.3) is 21.2 Å². The average molecular weight is 339 g/mol. The third-order valence-corrected chi connectivity index (χ3v) is 5.53. The van der Waals surface area contributed by atoms with Gasteiger partial charge in [0.25, 0.3) is 0 Å². The number of rotatable bonds is 2. The van der Waals surface area contributed by atoms with E-state index in [9.17, 15) is 0 Å². The van der Waals surface area contributed by atoms with Crippen molar-refractivity contribution in [2.45, 2.75) is 37.3 Å². The second-order valence-corrected chi connectivity index (χ2v) is 9.21. The number of aromatic nitrogens is 1. The molecule has 116 valence electrons. The predicted octanol–water partition coefficient (Wildman–Crippen LogP) is 6.03. The molecule has 0 aliphatic carbocycles. The SMILES string of the molecule is Cc1cc(C#N)ccc1-c1c(SC(C)(C)C)ccc2cnsc12. The van der Waals surface area contributed by atoms with E-state index in [1.807, 2.05) is 30.1 Å². The van der Waals surface area contributed by atoms with Gasteiger partial charge in [-0.2, -0.15) is 9.64 Å². The summed E-state index contributed by atoms with van der Waals surface area (Å²) in [4.78, 5) is 1.27. The summed E-state index contributed by atoms with van der Waals surface area (Å²) in [6, 6.07) is 12.5. The third-order valence-electron chi connectivity index (χ3n) is 3.53. The van der Waals surface area contributed by atoms with Crippen molar-refractivity contribution < 1.29 is 0 Å². The Morgan fingerprint density at radius 1 is 1.17 bits per heavy atom. The molecule has 2 nitrogen and oxygen atoms in total. The molecule has 1 heterocycles. The molecule has 1 aromatic heterocycles. The van der Waals surface area contributed by atoms with Crippen molar-refractivity contribution in [1.82, 2.24) is 4.37 Å². The molecule has 0 radical (unpaired) electrons. The molecule has 3 aromatic rings. The molecule has 23 heavy (non-hydrogen) atoms. The van der Waals surface area contributed by atoms with E-state index in [1.54, 1.807) is 0 Å². The first-order valence-corrected chi connectivity index (χ1v) is 9.05. The largest absolute Gasteiger partial charge is 0.200 e. The first-order valence-electron chi connectivity index (χ1n) is 7.46. The Hall–Kier alpha value is -1.83. The van der Waals surface area contributed by atoms with Gasteiger partial charge >= 0.3 is 0 Å². The van der Waals surface area contributed by atoms with E-state index < -0.39 is 0 Å². The molecule has 0 aliphatic heterocycles. The van der Waals surface area contributed by atoms with Crippen LogP contribution in [0.1, 0.15) is 31.9 Å². The molecule has 0 aliphatic rings. The number of fused-ring (bicyclic) bond motifs is 1. The topological polar surface area (TPSA) is 36.7 Å². The Bertz CT molecular complexity index is 911. The molecule has 0 N–H and O–H groups in total. The monoisotopic (exact) mass is 338 g/mol. The molecule has 0 unspecified atom stereocenters. The maximum Gasteiger partial charge on any atom is 0.0991 e. The molecule has 0 saturated carbocycles. The van der Waals surface area contributed by atoms with E-state index in [1.165, 1.54) is 37.6 Å². The van der Waals surface area contributed by atoms with E-state index in [4.69, 9.17) is 5.26 Å². The first kappa shape index (κ1) is 16.0. The average Bonchev–Trinajstić information content (AvgIpc) is 2.94.